The lowest BCUT2D eigenvalue weighted by Gasteiger charge is -2.06. The number of nitrogens with zero attached hydrogens (tertiary/aromatic N) is 2. The summed E-state index contributed by atoms with van der Waals surface area (Å²) in [5, 5.41) is 6.27. The number of hydrogen-bond acceptors (Lipinski definition) is 4. The Labute approximate surface area is 105 Å². The molecule has 0 saturated heterocycles. The van der Waals surface area contributed by atoms with E-state index >= 15 is 0 Å². The average Bonchev–Trinajstić information content (AvgIpc) is 2.61. The van der Waals surface area contributed by atoms with Crippen molar-refractivity contribution in [1.82, 2.24) is 20.2 Å². The van der Waals surface area contributed by atoms with Crippen LogP contribution in [0.4, 0.5) is 0 Å². The summed E-state index contributed by atoms with van der Waals surface area (Å²) in [6, 6.07) is 0. The number of amides is 1. The monoisotopic (exact) mass is 260 g/mol. The molecule has 0 fully saturated rings. The maximum atomic E-state index is 11.3. The fourth-order valence-electron chi connectivity index (χ4n) is 1.23. The highest BCUT2D eigenvalue weighted by Gasteiger charge is 2.05. The van der Waals surface area contributed by atoms with Gasteiger partial charge in [-0.2, -0.15) is 0 Å². The summed E-state index contributed by atoms with van der Waals surface area (Å²) in [4.78, 5) is 15.4. The van der Waals surface area contributed by atoms with Crippen LogP contribution in [0.5, 0.6) is 0 Å². The van der Waals surface area contributed by atoms with Crippen molar-refractivity contribution in [3.63, 3.8) is 0 Å². The smallest absolute Gasteiger partial charge is 0.234 e. The predicted molar refractivity (Wildman–Crippen MR) is 64.8 cm³/mol. The Hall–Kier alpha value is -1.11. The molecule has 0 aromatic carbocycles. The maximum Gasteiger partial charge on any atom is 0.234 e. The summed E-state index contributed by atoms with van der Waals surface area (Å²) < 4.78 is 6.58. The highest BCUT2D eigenvalue weighted by Crippen LogP contribution is 2.08. The second kappa shape index (κ2) is 7.26. The first-order valence-corrected chi connectivity index (χ1v) is 5.65. The molecule has 0 atom stereocenters. The molecule has 0 spiro atoms. The molecule has 17 heavy (non-hydrogen) atoms. The summed E-state index contributed by atoms with van der Waals surface area (Å²) in [5.41, 5.74) is 0. The van der Waals surface area contributed by atoms with E-state index in [1.165, 1.54) is 0 Å². The number of imidazole rings is 1. The topological polar surface area (TPSA) is 68.2 Å². The zero-order chi connectivity index (χ0) is 12.7. The van der Waals surface area contributed by atoms with Crippen molar-refractivity contribution in [3.05, 3.63) is 17.2 Å². The van der Waals surface area contributed by atoms with Crippen molar-refractivity contribution >= 4 is 17.5 Å². The first-order chi connectivity index (χ1) is 8.15. The summed E-state index contributed by atoms with van der Waals surface area (Å²) in [6.07, 6.45) is 1.58. The average molecular weight is 261 g/mol. The number of hydrogen-bond donors (Lipinski definition) is 2. The van der Waals surface area contributed by atoms with Crippen molar-refractivity contribution in [2.24, 2.45) is 7.05 Å². The van der Waals surface area contributed by atoms with Gasteiger partial charge in [-0.15, -0.1) is 0 Å². The van der Waals surface area contributed by atoms with Crippen molar-refractivity contribution in [2.75, 3.05) is 26.8 Å². The molecular formula is C10H17ClN4O2. The Bertz CT molecular complexity index is 367. The van der Waals surface area contributed by atoms with Crippen LogP contribution < -0.4 is 10.6 Å². The van der Waals surface area contributed by atoms with Crippen molar-refractivity contribution in [1.29, 1.82) is 0 Å². The van der Waals surface area contributed by atoms with Gasteiger partial charge < -0.3 is 19.9 Å². The molecule has 0 aliphatic rings. The Kier molecular flexibility index (Phi) is 5.96. The van der Waals surface area contributed by atoms with E-state index in [0.717, 1.165) is 5.82 Å². The molecule has 1 rings (SSSR count). The Morgan fingerprint density at radius 2 is 2.41 bits per heavy atom. The van der Waals surface area contributed by atoms with Gasteiger partial charge in [0.1, 0.15) is 11.0 Å². The number of methoxy groups -OCH3 is 1. The summed E-state index contributed by atoms with van der Waals surface area (Å²) >= 11 is 5.83. The lowest BCUT2D eigenvalue weighted by molar-refractivity contribution is -0.120. The van der Waals surface area contributed by atoms with Gasteiger partial charge in [0.2, 0.25) is 5.91 Å². The molecule has 2 N–H and O–H groups in total. The zero-order valence-electron chi connectivity index (χ0n) is 9.99. The fourth-order valence-corrected chi connectivity index (χ4v) is 1.38. The molecule has 0 aliphatic carbocycles. The van der Waals surface area contributed by atoms with E-state index in [2.05, 4.69) is 15.6 Å². The third kappa shape index (κ3) is 4.72. The third-order valence-electron chi connectivity index (χ3n) is 2.22. The predicted octanol–water partition coefficient (Wildman–Crippen LogP) is -0.0743. The minimum atomic E-state index is -0.0673. The van der Waals surface area contributed by atoms with Crippen molar-refractivity contribution in [2.45, 2.75) is 6.54 Å². The highest BCUT2D eigenvalue weighted by molar-refractivity contribution is 6.29. The van der Waals surface area contributed by atoms with Gasteiger partial charge in [-0.3, -0.25) is 4.79 Å². The molecule has 7 heteroatoms. The normalized spacial score (nSPS) is 10.5. The molecule has 6 nitrogen and oxygen atoms in total. The molecule has 1 amide bonds. The van der Waals surface area contributed by atoms with E-state index in [-0.39, 0.29) is 12.5 Å². The molecular weight excluding hydrogens is 244 g/mol. The molecule has 0 radical (unpaired) electrons. The first kappa shape index (κ1) is 14.0. The van der Waals surface area contributed by atoms with E-state index in [0.29, 0.717) is 24.8 Å². The SMILES string of the molecule is COCCNC(=O)CNCc1ncc(Cl)n1C. The molecule has 0 aliphatic heterocycles. The quantitative estimate of drug-likeness (QED) is 0.674. The van der Waals surface area contributed by atoms with Crippen LogP contribution in [0.3, 0.4) is 0 Å². The largest absolute Gasteiger partial charge is 0.383 e. The molecule has 1 aromatic heterocycles. The molecule has 0 bridgehead atoms. The van der Waals surface area contributed by atoms with Gasteiger partial charge in [0, 0.05) is 20.7 Å². The van der Waals surface area contributed by atoms with Crippen LogP contribution in [0.2, 0.25) is 5.15 Å². The summed E-state index contributed by atoms with van der Waals surface area (Å²) in [5.74, 6) is 0.724. The fraction of sp³-hybridized carbons (Fsp3) is 0.600. The van der Waals surface area contributed by atoms with Crippen LogP contribution in [-0.2, 0) is 23.1 Å². The number of ether oxygens (including phenoxy) is 1. The number of carbonyl (C=O) groups is 1. The van der Waals surface area contributed by atoms with Gasteiger partial charge >= 0.3 is 0 Å². The van der Waals surface area contributed by atoms with Gasteiger partial charge in [-0.25, -0.2) is 4.98 Å². The van der Waals surface area contributed by atoms with Gasteiger partial charge in [-0.05, 0) is 0 Å². The number of rotatable bonds is 7. The van der Waals surface area contributed by atoms with E-state index in [1.807, 2.05) is 7.05 Å². The summed E-state index contributed by atoms with van der Waals surface area (Å²) in [6.45, 7) is 1.78. The minimum absolute atomic E-state index is 0.0673. The van der Waals surface area contributed by atoms with Crippen LogP contribution in [0.15, 0.2) is 6.20 Å². The van der Waals surface area contributed by atoms with Gasteiger partial charge in [0.05, 0.1) is 25.9 Å². The number of halogens is 1. The van der Waals surface area contributed by atoms with Crippen LogP contribution >= 0.6 is 11.6 Å². The third-order valence-corrected chi connectivity index (χ3v) is 2.58. The molecule has 1 aromatic rings. The van der Waals surface area contributed by atoms with Crippen LogP contribution in [0.1, 0.15) is 5.82 Å². The number of nitrogens with one attached hydrogen (secondary N) is 2. The molecule has 0 unspecified atom stereocenters. The molecule has 1 heterocycles. The molecule has 0 saturated carbocycles. The Morgan fingerprint density at radius 3 is 3.00 bits per heavy atom. The zero-order valence-corrected chi connectivity index (χ0v) is 10.8. The van der Waals surface area contributed by atoms with Gasteiger partial charge in [0.15, 0.2) is 0 Å². The Balaban J connectivity index is 2.19. The second-order valence-electron chi connectivity index (χ2n) is 3.50. The standard InChI is InChI=1S/C10H17ClN4O2/c1-15-8(11)5-14-9(15)6-12-7-10(16)13-3-4-17-2/h5,12H,3-4,6-7H2,1-2H3,(H,13,16). The summed E-state index contributed by atoms with van der Waals surface area (Å²) in [7, 11) is 3.42. The Morgan fingerprint density at radius 1 is 1.65 bits per heavy atom. The van der Waals surface area contributed by atoms with Crippen LogP contribution in [0, 0.1) is 0 Å². The van der Waals surface area contributed by atoms with E-state index < -0.39 is 0 Å². The molecule has 96 valence electrons. The van der Waals surface area contributed by atoms with E-state index in [9.17, 15) is 4.79 Å². The minimum Gasteiger partial charge on any atom is -0.383 e. The van der Waals surface area contributed by atoms with Crippen molar-refractivity contribution in [3.8, 4) is 0 Å². The second-order valence-corrected chi connectivity index (χ2v) is 3.89. The number of aromatic nitrogens is 2. The van der Waals surface area contributed by atoms with Crippen LogP contribution in [-0.4, -0.2) is 42.3 Å². The van der Waals surface area contributed by atoms with Crippen molar-refractivity contribution < 1.29 is 9.53 Å². The number of carbonyl (C=O) groups excluding carboxylic acids is 1. The highest BCUT2D eigenvalue weighted by atomic mass is 35.5. The first-order valence-electron chi connectivity index (χ1n) is 5.27. The van der Waals surface area contributed by atoms with Gasteiger partial charge in [-0.1, -0.05) is 11.6 Å². The van der Waals surface area contributed by atoms with Crippen LogP contribution in [0.25, 0.3) is 0 Å². The lowest BCUT2D eigenvalue weighted by atomic mass is 10.5. The van der Waals surface area contributed by atoms with E-state index in [4.69, 9.17) is 16.3 Å². The maximum absolute atomic E-state index is 11.3. The van der Waals surface area contributed by atoms with E-state index in [1.54, 1.807) is 17.9 Å². The lowest BCUT2D eigenvalue weighted by Crippen LogP contribution is -2.35. The van der Waals surface area contributed by atoms with Gasteiger partial charge in [0.25, 0.3) is 0 Å².